The maximum Gasteiger partial charge on any atom is 0.522 e. The molecule has 0 radical (unpaired) electrons. The van der Waals surface area contributed by atoms with E-state index in [1.54, 1.807) is 4.72 Å². The molecule has 2 heterocycles. The van der Waals surface area contributed by atoms with Crippen molar-refractivity contribution >= 4 is 39.4 Å². The van der Waals surface area contributed by atoms with E-state index in [9.17, 15) is 40.0 Å². The number of carbonyl (C=O) groups excluding carboxylic acids is 2. The normalized spacial score (nSPS) is 15.7. The van der Waals surface area contributed by atoms with Crippen LogP contribution in [0.4, 0.5) is 27.8 Å². The highest BCUT2D eigenvalue weighted by atomic mass is 32.2. The number of alkyl halides is 5. The second-order valence-electron chi connectivity index (χ2n) is 8.52. The Morgan fingerprint density at radius 1 is 1.15 bits per heavy atom. The Morgan fingerprint density at radius 2 is 1.88 bits per heavy atom. The summed E-state index contributed by atoms with van der Waals surface area (Å²) in [6.45, 7) is -1.78. The number of anilines is 1. The molecular weight excluding hydrogens is 591 g/mol. The van der Waals surface area contributed by atoms with Crippen LogP contribution < -0.4 is 15.4 Å². The van der Waals surface area contributed by atoms with Crippen molar-refractivity contribution in [2.24, 2.45) is 5.92 Å². The number of rotatable bonds is 13. The van der Waals surface area contributed by atoms with Crippen molar-refractivity contribution in [3.05, 3.63) is 24.0 Å². The zero-order valence-electron chi connectivity index (χ0n) is 20.6. The van der Waals surface area contributed by atoms with Gasteiger partial charge < -0.3 is 10.6 Å². The number of thioether (sulfide) groups is 1. The Hall–Kier alpha value is -2.90. The standard InChI is InChI=1S/C21H25F5N6O6S2/c22-14(23)11-28-40(35,36)13-6-7-15(27-10-13)29-18(33)16(12-4-2-1-3-5-12)30-19(34)17-20(32-38-31-17)39-9-8-37-21(24,25)26/h6-7,10,12,14,16,28H,1-5,8-9,11H2,(H,30,34)(H,27,29,33)/t16-/m0/s1. The molecule has 0 unspecified atom stereocenters. The number of sulfonamides is 1. The first-order valence-electron chi connectivity index (χ1n) is 11.9. The third kappa shape index (κ3) is 9.63. The summed E-state index contributed by atoms with van der Waals surface area (Å²) in [5.74, 6) is -2.05. The highest BCUT2D eigenvalue weighted by Crippen LogP contribution is 2.28. The Balaban J connectivity index is 1.68. The summed E-state index contributed by atoms with van der Waals surface area (Å²) < 4.78 is 95.3. The van der Waals surface area contributed by atoms with E-state index in [2.05, 4.69) is 35.3 Å². The zero-order valence-corrected chi connectivity index (χ0v) is 22.3. The van der Waals surface area contributed by atoms with Crippen molar-refractivity contribution in [1.29, 1.82) is 0 Å². The number of carbonyl (C=O) groups is 2. The van der Waals surface area contributed by atoms with Gasteiger partial charge in [-0.3, -0.25) is 14.3 Å². The summed E-state index contributed by atoms with van der Waals surface area (Å²) in [7, 11) is -4.24. The number of nitrogens with zero attached hydrogens (tertiary/aromatic N) is 3. The molecule has 0 spiro atoms. The molecule has 3 N–H and O–H groups in total. The Morgan fingerprint density at radius 3 is 2.50 bits per heavy atom. The molecule has 40 heavy (non-hydrogen) atoms. The molecule has 19 heteroatoms. The van der Waals surface area contributed by atoms with Gasteiger partial charge in [-0.25, -0.2) is 31.5 Å². The third-order valence-corrected chi connectivity index (χ3v) is 8.00. The molecule has 0 bridgehead atoms. The van der Waals surface area contributed by atoms with Crippen LogP contribution in [0.15, 0.2) is 32.9 Å². The molecule has 1 aliphatic carbocycles. The summed E-state index contributed by atoms with van der Waals surface area (Å²) in [5, 5.41) is 12.0. The van der Waals surface area contributed by atoms with Crippen LogP contribution in [0.5, 0.6) is 0 Å². The second kappa shape index (κ2) is 14.1. The van der Waals surface area contributed by atoms with E-state index in [1.165, 1.54) is 0 Å². The van der Waals surface area contributed by atoms with Gasteiger partial charge in [-0.2, -0.15) is 0 Å². The fourth-order valence-corrected chi connectivity index (χ4v) is 5.52. The van der Waals surface area contributed by atoms with Crippen LogP contribution >= 0.6 is 11.8 Å². The van der Waals surface area contributed by atoms with Crippen LogP contribution in [-0.4, -0.2) is 73.3 Å². The van der Waals surface area contributed by atoms with Gasteiger partial charge in [0.1, 0.15) is 16.8 Å². The molecule has 0 aliphatic heterocycles. The molecule has 2 aromatic heterocycles. The number of pyridine rings is 1. The van der Waals surface area contributed by atoms with Crippen LogP contribution in [-0.2, 0) is 19.6 Å². The number of ether oxygens (including phenoxy) is 1. The van der Waals surface area contributed by atoms with E-state index in [1.807, 2.05) is 0 Å². The maximum absolute atomic E-state index is 13.2. The van der Waals surface area contributed by atoms with Crippen LogP contribution in [0, 0.1) is 5.92 Å². The molecule has 3 rings (SSSR count). The molecule has 0 saturated heterocycles. The van der Waals surface area contributed by atoms with E-state index < -0.39 is 58.7 Å². The number of aromatic nitrogens is 3. The van der Waals surface area contributed by atoms with Gasteiger partial charge in [0.05, 0.1) is 13.2 Å². The largest absolute Gasteiger partial charge is 0.522 e. The topological polar surface area (TPSA) is 165 Å². The second-order valence-corrected chi connectivity index (χ2v) is 11.4. The molecule has 1 aliphatic rings. The molecule has 222 valence electrons. The SMILES string of the molecule is O=C(N[C@H](C(=O)Nc1ccc(S(=O)(=O)NCC(F)F)cn1)C1CCCCC1)c1nonc1SCCOC(F)(F)F. The number of nitrogens with one attached hydrogen (secondary N) is 3. The summed E-state index contributed by atoms with van der Waals surface area (Å²) in [6.07, 6.45) is -3.01. The van der Waals surface area contributed by atoms with Crippen molar-refractivity contribution < 1.29 is 49.3 Å². The fraction of sp³-hybridized carbons (Fsp3) is 0.571. The lowest BCUT2D eigenvalue weighted by atomic mass is 9.83. The minimum absolute atomic E-state index is 0.0584. The van der Waals surface area contributed by atoms with Gasteiger partial charge >= 0.3 is 6.36 Å². The smallest absolute Gasteiger partial charge is 0.338 e. The van der Waals surface area contributed by atoms with Gasteiger partial charge in [0, 0.05) is 11.9 Å². The van der Waals surface area contributed by atoms with Gasteiger partial charge in [0.15, 0.2) is 5.03 Å². The highest BCUT2D eigenvalue weighted by molar-refractivity contribution is 7.99. The summed E-state index contributed by atoms with van der Waals surface area (Å²) in [5.41, 5.74) is -0.324. The molecule has 1 saturated carbocycles. The van der Waals surface area contributed by atoms with Crippen molar-refractivity contribution in [1.82, 2.24) is 25.3 Å². The van der Waals surface area contributed by atoms with Gasteiger partial charge in [0.2, 0.25) is 21.6 Å². The lowest BCUT2D eigenvalue weighted by molar-refractivity contribution is -0.322. The van der Waals surface area contributed by atoms with Crippen LogP contribution in [0.1, 0.15) is 42.6 Å². The number of hydrogen-bond acceptors (Lipinski definition) is 10. The van der Waals surface area contributed by atoms with E-state index in [-0.39, 0.29) is 28.2 Å². The minimum Gasteiger partial charge on any atom is -0.338 e. The summed E-state index contributed by atoms with van der Waals surface area (Å²) >= 11 is 0.745. The molecule has 2 amide bonds. The molecule has 1 fully saturated rings. The predicted molar refractivity (Wildman–Crippen MR) is 129 cm³/mol. The van der Waals surface area contributed by atoms with Gasteiger partial charge in [0.25, 0.3) is 12.3 Å². The molecule has 2 aromatic rings. The van der Waals surface area contributed by atoms with Crippen molar-refractivity contribution in [2.75, 3.05) is 24.2 Å². The van der Waals surface area contributed by atoms with E-state index in [0.29, 0.717) is 12.8 Å². The molecule has 12 nitrogen and oxygen atoms in total. The lowest BCUT2D eigenvalue weighted by Gasteiger charge is -2.29. The quantitative estimate of drug-likeness (QED) is 0.173. The first kappa shape index (κ1) is 31.6. The van der Waals surface area contributed by atoms with Crippen LogP contribution in [0.3, 0.4) is 0 Å². The summed E-state index contributed by atoms with van der Waals surface area (Å²) in [4.78, 5) is 29.6. The maximum atomic E-state index is 13.2. The van der Waals surface area contributed by atoms with E-state index in [4.69, 9.17) is 0 Å². The van der Waals surface area contributed by atoms with Crippen molar-refractivity contribution in [2.45, 2.75) is 60.9 Å². The number of hydrogen-bond donors (Lipinski definition) is 3. The van der Waals surface area contributed by atoms with E-state index in [0.717, 1.165) is 49.4 Å². The molecular formula is C21H25F5N6O6S2. The monoisotopic (exact) mass is 616 g/mol. The molecule has 1 atom stereocenters. The van der Waals surface area contributed by atoms with Crippen molar-refractivity contribution in [3.8, 4) is 0 Å². The Bertz CT molecular complexity index is 1240. The number of amides is 2. The highest BCUT2D eigenvalue weighted by Gasteiger charge is 2.33. The van der Waals surface area contributed by atoms with Gasteiger partial charge in [-0.05, 0) is 41.2 Å². The van der Waals surface area contributed by atoms with Crippen LogP contribution in [0.25, 0.3) is 0 Å². The van der Waals surface area contributed by atoms with Gasteiger partial charge in [-0.15, -0.1) is 13.2 Å². The lowest BCUT2D eigenvalue weighted by Crippen LogP contribution is -2.49. The predicted octanol–water partition coefficient (Wildman–Crippen LogP) is 2.95. The Labute approximate surface area is 229 Å². The third-order valence-electron chi connectivity index (χ3n) is 5.68. The van der Waals surface area contributed by atoms with Crippen molar-refractivity contribution in [3.63, 3.8) is 0 Å². The van der Waals surface area contributed by atoms with E-state index >= 15 is 0 Å². The minimum atomic E-state index is -4.81. The first-order valence-corrected chi connectivity index (χ1v) is 14.3. The average molecular weight is 617 g/mol. The van der Waals surface area contributed by atoms with Crippen LogP contribution in [0.2, 0.25) is 0 Å². The fourth-order valence-electron chi connectivity index (χ4n) is 3.86. The Kier molecular flexibility index (Phi) is 11.2. The molecule has 0 aromatic carbocycles. The average Bonchev–Trinajstić information content (AvgIpc) is 3.37. The zero-order chi connectivity index (χ0) is 29.3. The first-order chi connectivity index (χ1) is 18.9. The summed E-state index contributed by atoms with van der Waals surface area (Å²) in [6, 6.07) is 1.15. The van der Waals surface area contributed by atoms with Gasteiger partial charge in [-0.1, -0.05) is 31.0 Å². The number of halogens is 5.